The highest BCUT2D eigenvalue weighted by molar-refractivity contribution is 5.85. The quantitative estimate of drug-likeness (QED) is 0.768. The van der Waals surface area contributed by atoms with Gasteiger partial charge in [0, 0.05) is 12.6 Å². The topological polar surface area (TPSA) is 15.3 Å². The Morgan fingerprint density at radius 2 is 1.75 bits per heavy atom. The predicted octanol–water partition coefficient (Wildman–Crippen LogP) is 1.53. The summed E-state index contributed by atoms with van der Waals surface area (Å²) < 4.78 is 0. The second-order valence-corrected chi connectivity index (χ2v) is 3.15. The molecule has 0 aliphatic carbocycles. The lowest BCUT2D eigenvalue weighted by Gasteiger charge is -2.22. The van der Waals surface area contributed by atoms with E-state index in [-0.39, 0.29) is 24.8 Å². The molecule has 1 atom stereocenters. The highest BCUT2D eigenvalue weighted by Gasteiger charge is 2.16. The van der Waals surface area contributed by atoms with Crippen molar-refractivity contribution in [2.24, 2.45) is 0 Å². The van der Waals surface area contributed by atoms with Crippen molar-refractivity contribution in [3.8, 4) is 0 Å². The highest BCUT2D eigenvalue weighted by Crippen LogP contribution is 2.10. The summed E-state index contributed by atoms with van der Waals surface area (Å²) in [7, 11) is 2.02. The monoisotopic (exact) mass is 214 g/mol. The minimum atomic E-state index is 0. The highest BCUT2D eigenvalue weighted by atomic mass is 35.5. The van der Waals surface area contributed by atoms with E-state index in [0.29, 0.717) is 0 Å². The predicted molar refractivity (Wildman–Crippen MR) is 58.7 cm³/mol. The van der Waals surface area contributed by atoms with Crippen molar-refractivity contribution in [2.45, 2.75) is 25.8 Å². The van der Waals surface area contributed by atoms with Gasteiger partial charge in [0.1, 0.15) is 0 Å². The molecule has 1 rings (SSSR count). The summed E-state index contributed by atoms with van der Waals surface area (Å²) in [6, 6.07) is 0.729. The Hall–Kier alpha value is 0.500. The molecule has 0 aromatic rings. The molecule has 0 spiro atoms. The van der Waals surface area contributed by atoms with Crippen LogP contribution in [0.3, 0.4) is 0 Å². The maximum Gasteiger partial charge on any atom is 0.0192 e. The van der Waals surface area contributed by atoms with E-state index >= 15 is 0 Å². The summed E-state index contributed by atoms with van der Waals surface area (Å²) in [6.07, 6.45) is 2.79. The number of likely N-dealkylation sites (tertiary alicyclic amines) is 1. The average molecular weight is 215 g/mol. The van der Waals surface area contributed by atoms with E-state index in [1.165, 1.54) is 25.9 Å². The van der Waals surface area contributed by atoms with Crippen LogP contribution in [-0.2, 0) is 0 Å². The first-order valence-corrected chi connectivity index (χ1v) is 4.23. The van der Waals surface area contributed by atoms with Crippen molar-refractivity contribution in [1.82, 2.24) is 10.2 Å². The normalized spacial score (nSPS) is 19.5. The molecular weight excluding hydrogens is 195 g/mol. The van der Waals surface area contributed by atoms with E-state index in [1.54, 1.807) is 0 Å². The third-order valence-corrected chi connectivity index (χ3v) is 2.26. The van der Waals surface area contributed by atoms with E-state index in [0.717, 1.165) is 12.6 Å². The van der Waals surface area contributed by atoms with Crippen molar-refractivity contribution >= 4 is 24.8 Å². The van der Waals surface area contributed by atoms with E-state index in [1.807, 2.05) is 7.05 Å². The molecule has 0 aromatic heterocycles. The van der Waals surface area contributed by atoms with Gasteiger partial charge in [0.2, 0.25) is 0 Å². The summed E-state index contributed by atoms with van der Waals surface area (Å²) in [5.41, 5.74) is 0. The maximum absolute atomic E-state index is 3.20. The first-order chi connectivity index (χ1) is 4.84. The van der Waals surface area contributed by atoms with Gasteiger partial charge in [-0.3, -0.25) is 4.90 Å². The molecule has 2 nitrogen and oxygen atoms in total. The third kappa shape index (κ3) is 4.51. The van der Waals surface area contributed by atoms with Gasteiger partial charge in [-0.1, -0.05) is 0 Å². The molecule has 1 heterocycles. The minimum Gasteiger partial charge on any atom is -0.318 e. The molecule has 1 aliphatic heterocycles. The second kappa shape index (κ2) is 8.11. The molecule has 1 fully saturated rings. The second-order valence-electron chi connectivity index (χ2n) is 3.15. The van der Waals surface area contributed by atoms with Gasteiger partial charge in [0.05, 0.1) is 0 Å². The molecule has 76 valence electrons. The number of hydrogen-bond acceptors (Lipinski definition) is 2. The van der Waals surface area contributed by atoms with Crippen LogP contribution in [0.1, 0.15) is 19.8 Å². The van der Waals surface area contributed by atoms with Crippen LogP contribution in [-0.4, -0.2) is 37.6 Å². The zero-order chi connectivity index (χ0) is 7.40. The molecule has 0 unspecified atom stereocenters. The van der Waals surface area contributed by atoms with Crippen molar-refractivity contribution < 1.29 is 0 Å². The first kappa shape index (κ1) is 15.0. The largest absolute Gasteiger partial charge is 0.318 e. The van der Waals surface area contributed by atoms with E-state index < -0.39 is 0 Å². The van der Waals surface area contributed by atoms with Gasteiger partial charge in [-0.2, -0.15) is 0 Å². The fourth-order valence-electron chi connectivity index (χ4n) is 1.61. The molecular formula is C8H20Cl2N2. The summed E-state index contributed by atoms with van der Waals surface area (Å²) in [5, 5.41) is 3.20. The Balaban J connectivity index is 0. The molecule has 0 aromatic carbocycles. The lowest BCUT2D eigenvalue weighted by Crippen LogP contribution is -2.37. The Bertz CT molecular complexity index is 95.1. The van der Waals surface area contributed by atoms with Crippen LogP contribution in [0.2, 0.25) is 0 Å². The van der Waals surface area contributed by atoms with Gasteiger partial charge in [0.25, 0.3) is 0 Å². The van der Waals surface area contributed by atoms with Crippen LogP contribution in [0.4, 0.5) is 0 Å². The molecule has 0 saturated carbocycles. The molecule has 1 saturated heterocycles. The Labute approximate surface area is 87.9 Å². The molecule has 0 radical (unpaired) electrons. The van der Waals surface area contributed by atoms with E-state index in [9.17, 15) is 0 Å². The molecule has 1 aliphatic rings. The van der Waals surface area contributed by atoms with Crippen LogP contribution in [0.25, 0.3) is 0 Å². The van der Waals surface area contributed by atoms with Crippen molar-refractivity contribution in [3.05, 3.63) is 0 Å². The average Bonchev–Trinajstić information content (AvgIpc) is 2.38. The minimum absolute atomic E-state index is 0. The number of rotatable bonds is 3. The lowest BCUT2D eigenvalue weighted by atomic mass is 10.3. The van der Waals surface area contributed by atoms with Crippen LogP contribution in [0, 0.1) is 0 Å². The number of likely N-dealkylation sites (N-methyl/N-ethyl adjacent to an activating group) is 1. The summed E-state index contributed by atoms with van der Waals surface area (Å²) in [5.74, 6) is 0. The standard InChI is InChI=1S/C8H18N2.2ClH/c1-8(7-9-2)10-5-3-4-6-10;;/h8-9H,3-7H2,1-2H3;2*1H/t8-;;/m1../s1. The van der Waals surface area contributed by atoms with Gasteiger partial charge in [-0.05, 0) is 39.9 Å². The summed E-state index contributed by atoms with van der Waals surface area (Å²) in [6.45, 7) is 6.04. The van der Waals surface area contributed by atoms with Crippen LogP contribution < -0.4 is 5.32 Å². The fourth-order valence-corrected chi connectivity index (χ4v) is 1.61. The molecule has 0 bridgehead atoms. The Morgan fingerprint density at radius 3 is 2.17 bits per heavy atom. The van der Waals surface area contributed by atoms with Crippen LogP contribution >= 0.6 is 24.8 Å². The molecule has 4 heteroatoms. The van der Waals surface area contributed by atoms with E-state index in [2.05, 4.69) is 17.1 Å². The Kier molecular flexibility index (Phi) is 10.1. The lowest BCUT2D eigenvalue weighted by molar-refractivity contribution is 0.255. The zero-order valence-electron chi connectivity index (χ0n) is 7.88. The number of hydrogen-bond donors (Lipinski definition) is 1. The zero-order valence-corrected chi connectivity index (χ0v) is 9.51. The van der Waals surface area contributed by atoms with Gasteiger partial charge >= 0.3 is 0 Å². The molecule has 12 heavy (non-hydrogen) atoms. The molecule has 1 N–H and O–H groups in total. The van der Waals surface area contributed by atoms with Crippen molar-refractivity contribution in [1.29, 1.82) is 0 Å². The maximum atomic E-state index is 3.20. The Morgan fingerprint density at radius 1 is 1.25 bits per heavy atom. The molecule has 0 amide bonds. The number of halogens is 2. The third-order valence-electron chi connectivity index (χ3n) is 2.26. The van der Waals surface area contributed by atoms with Crippen molar-refractivity contribution in [2.75, 3.05) is 26.7 Å². The smallest absolute Gasteiger partial charge is 0.0192 e. The van der Waals surface area contributed by atoms with Crippen LogP contribution in [0.5, 0.6) is 0 Å². The first-order valence-electron chi connectivity index (χ1n) is 4.23. The summed E-state index contributed by atoms with van der Waals surface area (Å²) in [4.78, 5) is 2.55. The summed E-state index contributed by atoms with van der Waals surface area (Å²) >= 11 is 0. The van der Waals surface area contributed by atoms with Gasteiger partial charge in [-0.15, -0.1) is 24.8 Å². The number of nitrogens with one attached hydrogen (secondary N) is 1. The van der Waals surface area contributed by atoms with E-state index in [4.69, 9.17) is 0 Å². The SMILES string of the molecule is CNC[C@@H](C)N1CCCC1.Cl.Cl. The fraction of sp³-hybridized carbons (Fsp3) is 1.00. The van der Waals surface area contributed by atoms with Gasteiger partial charge in [0.15, 0.2) is 0 Å². The van der Waals surface area contributed by atoms with Gasteiger partial charge < -0.3 is 5.32 Å². The van der Waals surface area contributed by atoms with Gasteiger partial charge in [-0.25, -0.2) is 0 Å². The van der Waals surface area contributed by atoms with Crippen LogP contribution in [0.15, 0.2) is 0 Å². The number of nitrogens with zero attached hydrogens (tertiary/aromatic N) is 1. The van der Waals surface area contributed by atoms with Crippen molar-refractivity contribution in [3.63, 3.8) is 0 Å².